The molecule has 0 radical (unpaired) electrons. The van der Waals surface area contributed by atoms with E-state index in [4.69, 9.17) is 0 Å². The summed E-state index contributed by atoms with van der Waals surface area (Å²) >= 11 is 0. The molecule has 0 nitrogen and oxygen atoms in total. The van der Waals surface area contributed by atoms with Gasteiger partial charge in [-0.25, -0.2) is 0 Å². The van der Waals surface area contributed by atoms with Crippen LogP contribution in [0.25, 0.3) is 100 Å². The number of hydrogen-bond acceptors (Lipinski definition) is 0. The summed E-state index contributed by atoms with van der Waals surface area (Å²) in [5.41, 5.74) is 36.7. The Morgan fingerprint density at radius 3 is 0.861 bits per heavy atom. The van der Waals surface area contributed by atoms with Gasteiger partial charge in [0.15, 0.2) is 0 Å². The monoisotopic (exact) mass is 1500 g/mol. The molecule has 0 bridgehead atoms. The van der Waals surface area contributed by atoms with Gasteiger partial charge in [-0.1, -0.05) is 441 Å². The maximum Gasteiger partial charge on any atom is -0.0142 e. The zero-order valence-corrected chi connectivity index (χ0v) is 70.1. The highest BCUT2D eigenvalue weighted by Gasteiger charge is 2.14. The fourth-order valence-corrected chi connectivity index (χ4v) is 14.4. The third-order valence-electron chi connectivity index (χ3n) is 20.3. The SMILES string of the molecule is Cc1c(-c2ccccc2)cc(-c2ccccc2)cc1-c1ccccc1.Cc1c(-c2ccccc2)cccc1-c1ccccc1.Cc1cc(-c2ccccc2)cc(-c2ccccc2)c1.Cc1ccc(-c2ccccc2)cc1-c1ccccc1.Cc1ccc(CC(C)C)cc1.Cc1cccc(CC(C)C)c1.Cc1ccccc1CC(C)C. The summed E-state index contributed by atoms with van der Waals surface area (Å²) in [6, 6.07) is 146. The zero-order chi connectivity index (χ0) is 81.1. The van der Waals surface area contributed by atoms with Crippen molar-refractivity contribution in [2.24, 2.45) is 17.8 Å². The molecule has 0 heterocycles. The molecular formula is C115H116. The first-order valence-corrected chi connectivity index (χ1v) is 41.0. The molecule has 0 N–H and O–H groups in total. The zero-order valence-electron chi connectivity index (χ0n) is 70.1. The van der Waals surface area contributed by atoms with Crippen molar-refractivity contribution >= 4 is 0 Å². The number of rotatable bonds is 15. The normalized spacial score (nSPS) is 10.5. The Morgan fingerprint density at radius 1 is 0.165 bits per heavy atom. The molecule has 576 valence electrons. The summed E-state index contributed by atoms with van der Waals surface area (Å²) in [5, 5.41) is 0. The van der Waals surface area contributed by atoms with E-state index in [-0.39, 0.29) is 0 Å². The second-order valence-electron chi connectivity index (χ2n) is 31.3. The minimum atomic E-state index is 0.760. The van der Waals surface area contributed by atoms with Crippen LogP contribution in [0, 0.1) is 66.2 Å². The van der Waals surface area contributed by atoms with Crippen molar-refractivity contribution in [3.8, 4) is 100 Å². The van der Waals surface area contributed by atoms with Crippen LogP contribution in [0.3, 0.4) is 0 Å². The van der Waals surface area contributed by atoms with Crippen LogP contribution in [-0.2, 0) is 19.3 Å². The molecule has 0 fully saturated rings. The molecule has 0 amide bonds. The molecule has 16 aromatic rings. The van der Waals surface area contributed by atoms with Crippen molar-refractivity contribution in [2.45, 2.75) is 109 Å². The maximum atomic E-state index is 2.31. The van der Waals surface area contributed by atoms with Gasteiger partial charge in [-0.05, 0) is 254 Å². The average molecular weight is 1500 g/mol. The number of hydrogen-bond donors (Lipinski definition) is 0. The van der Waals surface area contributed by atoms with Gasteiger partial charge in [0.1, 0.15) is 0 Å². The van der Waals surface area contributed by atoms with E-state index >= 15 is 0 Å². The molecule has 0 saturated heterocycles. The molecule has 0 heteroatoms. The highest BCUT2D eigenvalue weighted by molar-refractivity contribution is 5.85. The summed E-state index contributed by atoms with van der Waals surface area (Å²) in [6.07, 6.45) is 3.59. The van der Waals surface area contributed by atoms with Gasteiger partial charge in [0.2, 0.25) is 0 Å². The topological polar surface area (TPSA) is 0 Å². The highest BCUT2D eigenvalue weighted by Crippen LogP contribution is 2.38. The third-order valence-corrected chi connectivity index (χ3v) is 20.3. The molecule has 0 atom stereocenters. The summed E-state index contributed by atoms with van der Waals surface area (Å²) in [7, 11) is 0. The van der Waals surface area contributed by atoms with Crippen molar-refractivity contribution in [3.63, 3.8) is 0 Å². The van der Waals surface area contributed by atoms with Crippen molar-refractivity contribution in [1.82, 2.24) is 0 Å². The smallest absolute Gasteiger partial charge is 0.0142 e. The summed E-state index contributed by atoms with van der Waals surface area (Å²) in [4.78, 5) is 0. The van der Waals surface area contributed by atoms with Crippen LogP contribution in [0.4, 0.5) is 0 Å². The minimum Gasteiger partial charge on any atom is -0.0625 e. The van der Waals surface area contributed by atoms with Crippen molar-refractivity contribution < 1.29 is 0 Å². The first kappa shape index (κ1) is 85.0. The maximum absolute atomic E-state index is 2.31. The van der Waals surface area contributed by atoms with Crippen LogP contribution in [0.5, 0.6) is 0 Å². The lowest BCUT2D eigenvalue weighted by molar-refractivity contribution is 0.645. The lowest BCUT2D eigenvalue weighted by atomic mass is 9.88. The van der Waals surface area contributed by atoms with E-state index in [0.717, 1.165) is 17.8 Å². The Balaban J connectivity index is 0.000000145. The first-order valence-electron chi connectivity index (χ1n) is 41.0. The second-order valence-corrected chi connectivity index (χ2v) is 31.3. The third kappa shape index (κ3) is 26.8. The van der Waals surface area contributed by atoms with Gasteiger partial charge in [0.25, 0.3) is 0 Å². The Hall–Kier alpha value is -12.5. The summed E-state index contributed by atoms with van der Waals surface area (Å²) in [6.45, 7) is 28.7. The van der Waals surface area contributed by atoms with Gasteiger partial charge < -0.3 is 0 Å². The summed E-state index contributed by atoms with van der Waals surface area (Å²) in [5.74, 6) is 2.28. The Morgan fingerprint density at radius 2 is 0.478 bits per heavy atom. The van der Waals surface area contributed by atoms with E-state index in [9.17, 15) is 0 Å². The van der Waals surface area contributed by atoms with E-state index < -0.39 is 0 Å². The van der Waals surface area contributed by atoms with Gasteiger partial charge in [-0.2, -0.15) is 0 Å². The quantitative estimate of drug-likeness (QED) is 0.0960. The van der Waals surface area contributed by atoms with Crippen LogP contribution >= 0.6 is 0 Å². The molecule has 0 unspecified atom stereocenters. The van der Waals surface area contributed by atoms with Gasteiger partial charge in [0, 0.05) is 0 Å². The molecule has 0 aromatic heterocycles. The van der Waals surface area contributed by atoms with Crippen molar-refractivity contribution in [1.29, 1.82) is 0 Å². The van der Waals surface area contributed by atoms with E-state index in [0.29, 0.717) is 0 Å². The van der Waals surface area contributed by atoms with Gasteiger partial charge >= 0.3 is 0 Å². The molecule has 0 saturated carbocycles. The summed E-state index contributed by atoms with van der Waals surface area (Å²) < 4.78 is 0. The van der Waals surface area contributed by atoms with Crippen molar-refractivity contribution in [3.05, 3.63) is 468 Å². The minimum absolute atomic E-state index is 0.760. The van der Waals surface area contributed by atoms with Crippen LogP contribution in [-0.4, -0.2) is 0 Å². The molecule has 0 aliphatic carbocycles. The second kappa shape index (κ2) is 44.7. The number of benzene rings is 16. The molecular weight excluding hydrogens is 1380 g/mol. The molecule has 16 rings (SSSR count). The van der Waals surface area contributed by atoms with Crippen LogP contribution in [0.2, 0.25) is 0 Å². The lowest BCUT2D eigenvalue weighted by Gasteiger charge is -2.16. The van der Waals surface area contributed by atoms with Crippen molar-refractivity contribution in [2.75, 3.05) is 0 Å². The molecule has 0 aliphatic rings. The molecule has 0 aliphatic heterocycles. The van der Waals surface area contributed by atoms with E-state index in [1.165, 1.54) is 175 Å². The predicted octanol–water partition coefficient (Wildman–Crippen LogP) is 32.6. The highest BCUT2D eigenvalue weighted by atomic mass is 14.2. The van der Waals surface area contributed by atoms with Crippen LogP contribution in [0.1, 0.15) is 97.2 Å². The van der Waals surface area contributed by atoms with E-state index in [1.54, 1.807) is 0 Å². The number of aryl methyl sites for hydroxylation is 5. The van der Waals surface area contributed by atoms with Gasteiger partial charge in [0.05, 0.1) is 0 Å². The van der Waals surface area contributed by atoms with Gasteiger partial charge in [-0.15, -0.1) is 0 Å². The Bertz CT molecular complexity index is 5250. The molecule has 115 heavy (non-hydrogen) atoms. The fraction of sp³-hybridized carbons (Fsp3) is 0.165. The van der Waals surface area contributed by atoms with Crippen LogP contribution < -0.4 is 0 Å². The van der Waals surface area contributed by atoms with E-state index in [1.807, 2.05) is 0 Å². The Kier molecular flexibility index (Phi) is 33.0. The first-order chi connectivity index (χ1) is 55.9. The average Bonchev–Trinajstić information content (AvgIpc) is 0.804. The lowest BCUT2D eigenvalue weighted by Crippen LogP contribution is -1.95. The largest absolute Gasteiger partial charge is 0.0625 e. The van der Waals surface area contributed by atoms with Crippen LogP contribution in [0.15, 0.2) is 413 Å². The standard InChI is InChI=1S/C25H20.3C19H16.3C11H16/c1-19-24(21-13-7-3-8-14-21)17-23(20-11-5-2-6-12-20)18-25(19)22-15-9-4-10-16-22;1-15-18(16-9-4-2-5-10-16)13-8-14-19(15)17-11-6-3-7-12-17;1-15-12-18(16-8-4-2-5-9-16)14-19(13-15)17-10-6-3-7-11-17;1-15-12-13-18(16-8-4-2-5-9-16)14-19(15)17-10-6-3-7-11-17;1-9(2)8-11-6-4-10(3)5-7-11;1-9(2)7-11-6-4-5-10(3)8-11;1-9(2)8-11-7-5-4-6-10(11)3/h2-18H,1H3;3*2-14H,1H3;4-7,9H,8H2,1-3H3;4-6,8-9H,7H2,1-3H3;4-7,9H,8H2,1-3H3. The predicted molar refractivity (Wildman–Crippen MR) is 503 cm³/mol. The Labute approximate surface area is 690 Å². The fourth-order valence-electron chi connectivity index (χ4n) is 14.4. The molecule has 16 aromatic carbocycles. The molecule has 0 spiro atoms. The van der Waals surface area contributed by atoms with E-state index in [2.05, 4.69) is 503 Å². The van der Waals surface area contributed by atoms with Gasteiger partial charge in [-0.3, -0.25) is 0 Å².